The highest BCUT2D eigenvalue weighted by atomic mass is 19.1. The van der Waals surface area contributed by atoms with Gasteiger partial charge in [-0.15, -0.1) is 0 Å². The maximum absolute atomic E-state index is 13.6. The number of amides is 1. The number of benzene rings is 2. The molecule has 2 aromatic carbocycles. The highest BCUT2D eigenvalue weighted by molar-refractivity contribution is 5.81. The third-order valence-corrected chi connectivity index (χ3v) is 3.32. The van der Waals surface area contributed by atoms with Gasteiger partial charge in [-0.1, -0.05) is 49.4 Å². The number of nitrogens with one attached hydrogen (secondary N) is 1. The van der Waals surface area contributed by atoms with E-state index in [1.807, 2.05) is 37.3 Å². The highest BCUT2D eigenvalue weighted by Gasteiger charge is 2.19. The van der Waals surface area contributed by atoms with Crippen LogP contribution in [0.2, 0.25) is 0 Å². The smallest absolute Gasteiger partial charge is 0.261 e. The molecular weight excluding hydrogens is 281 g/mol. The van der Waals surface area contributed by atoms with Crippen LogP contribution in [0.25, 0.3) is 0 Å². The third kappa shape index (κ3) is 4.58. The molecule has 22 heavy (non-hydrogen) atoms. The van der Waals surface area contributed by atoms with Gasteiger partial charge in [0.25, 0.3) is 5.91 Å². The SMILES string of the molecule is CC[C@@H](Oc1ccccc1F)C(=O)NCCc1ccccc1. The van der Waals surface area contributed by atoms with Crippen LogP contribution in [0.4, 0.5) is 4.39 Å². The van der Waals surface area contributed by atoms with Gasteiger partial charge in [-0.3, -0.25) is 4.79 Å². The zero-order valence-electron chi connectivity index (χ0n) is 12.6. The molecule has 0 saturated carbocycles. The van der Waals surface area contributed by atoms with Gasteiger partial charge in [0.05, 0.1) is 0 Å². The first-order valence-corrected chi connectivity index (χ1v) is 7.43. The molecule has 0 aromatic heterocycles. The third-order valence-electron chi connectivity index (χ3n) is 3.32. The van der Waals surface area contributed by atoms with E-state index in [0.717, 1.165) is 12.0 Å². The number of carbonyl (C=O) groups excluding carboxylic acids is 1. The monoisotopic (exact) mass is 301 g/mol. The average Bonchev–Trinajstić information content (AvgIpc) is 2.55. The second-order valence-electron chi connectivity index (χ2n) is 4.97. The van der Waals surface area contributed by atoms with E-state index in [2.05, 4.69) is 5.32 Å². The van der Waals surface area contributed by atoms with Gasteiger partial charge < -0.3 is 10.1 Å². The van der Waals surface area contributed by atoms with Gasteiger partial charge >= 0.3 is 0 Å². The first-order valence-electron chi connectivity index (χ1n) is 7.43. The summed E-state index contributed by atoms with van der Waals surface area (Å²) in [7, 11) is 0. The second kappa shape index (κ2) is 8.17. The molecule has 0 fully saturated rings. The Morgan fingerprint density at radius 2 is 1.82 bits per heavy atom. The van der Waals surface area contributed by atoms with E-state index in [9.17, 15) is 9.18 Å². The molecule has 3 nitrogen and oxygen atoms in total. The van der Waals surface area contributed by atoms with Gasteiger partial charge in [-0.2, -0.15) is 0 Å². The molecule has 1 atom stereocenters. The van der Waals surface area contributed by atoms with Crippen molar-refractivity contribution in [1.82, 2.24) is 5.32 Å². The Morgan fingerprint density at radius 1 is 1.14 bits per heavy atom. The number of carbonyl (C=O) groups is 1. The van der Waals surface area contributed by atoms with Gasteiger partial charge in [0, 0.05) is 6.54 Å². The molecule has 0 unspecified atom stereocenters. The van der Waals surface area contributed by atoms with Gasteiger partial charge in [-0.25, -0.2) is 4.39 Å². The molecule has 2 rings (SSSR count). The Morgan fingerprint density at radius 3 is 2.50 bits per heavy atom. The molecule has 0 aliphatic rings. The van der Waals surface area contributed by atoms with Crippen LogP contribution in [0.1, 0.15) is 18.9 Å². The number of halogens is 1. The molecule has 0 saturated heterocycles. The quantitative estimate of drug-likeness (QED) is 0.852. The van der Waals surface area contributed by atoms with E-state index in [4.69, 9.17) is 4.74 Å². The summed E-state index contributed by atoms with van der Waals surface area (Å²) in [6.45, 7) is 2.36. The molecule has 0 radical (unpaired) electrons. The largest absolute Gasteiger partial charge is 0.478 e. The first-order chi connectivity index (χ1) is 10.7. The van der Waals surface area contributed by atoms with E-state index < -0.39 is 11.9 Å². The molecule has 0 spiro atoms. The predicted octanol–water partition coefficient (Wildman–Crippen LogP) is 3.34. The fourth-order valence-corrected chi connectivity index (χ4v) is 2.10. The summed E-state index contributed by atoms with van der Waals surface area (Å²) in [5, 5.41) is 2.84. The summed E-state index contributed by atoms with van der Waals surface area (Å²) in [6, 6.07) is 16.0. The minimum Gasteiger partial charge on any atom is -0.478 e. The number of para-hydroxylation sites is 1. The molecule has 1 N–H and O–H groups in total. The van der Waals surface area contributed by atoms with Crippen LogP contribution in [0.3, 0.4) is 0 Å². The van der Waals surface area contributed by atoms with Crippen LogP contribution >= 0.6 is 0 Å². The average molecular weight is 301 g/mol. The second-order valence-corrected chi connectivity index (χ2v) is 4.97. The molecule has 0 bridgehead atoms. The van der Waals surface area contributed by atoms with Crippen LogP contribution in [-0.4, -0.2) is 18.6 Å². The predicted molar refractivity (Wildman–Crippen MR) is 84.3 cm³/mol. The lowest BCUT2D eigenvalue weighted by Gasteiger charge is -2.17. The van der Waals surface area contributed by atoms with Crippen molar-refractivity contribution < 1.29 is 13.9 Å². The van der Waals surface area contributed by atoms with Crippen molar-refractivity contribution >= 4 is 5.91 Å². The van der Waals surface area contributed by atoms with Crippen LogP contribution in [-0.2, 0) is 11.2 Å². The van der Waals surface area contributed by atoms with Crippen LogP contribution in [0.5, 0.6) is 5.75 Å². The fraction of sp³-hybridized carbons (Fsp3) is 0.278. The van der Waals surface area contributed by atoms with Crippen LogP contribution in [0.15, 0.2) is 54.6 Å². The normalized spacial score (nSPS) is 11.7. The fourth-order valence-electron chi connectivity index (χ4n) is 2.10. The number of rotatable bonds is 7. The Balaban J connectivity index is 1.85. The summed E-state index contributed by atoms with van der Waals surface area (Å²) in [5.74, 6) is -0.577. The zero-order valence-corrected chi connectivity index (χ0v) is 12.6. The van der Waals surface area contributed by atoms with Gasteiger partial charge in [0.15, 0.2) is 17.7 Å². The molecule has 2 aromatic rings. The van der Waals surface area contributed by atoms with E-state index >= 15 is 0 Å². The summed E-state index contributed by atoms with van der Waals surface area (Å²) in [5.41, 5.74) is 1.16. The van der Waals surface area contributed by atoms with E-state index in [-0.39, 0.29) is 11.7 Å². The number of hydrogen-bond acceptors (Lipinski definition) is 2. The van der Waals surface area contributed by atoms with Gasteiger partial charge in [0.1, 0.15) is 0 Å². The molecule has 1 amide bonds. The van der Waals surface area contributed by atoms with Gasteiger partial charge in [0.2, 0.25) is 0 Å². The minimum atomic E-state index is -0.687. The van der Waals surface area contributed by atoms with Crippen LogP contribution < -0.4 is 10.1 Å². The van der Waals surface area contributed by atoms with Crippen molar-refractivity contribution in [3.05, 3.63) is 66.0 Å². The molecular formula is C18H20FNO2. The standard InChI is InChI=1S/C18H20FNO2/c1-2-16(22-17-11-7-6-10-15(17)19)18(21)20-13-12-14-8-4-3-5-9-14/h3-11,16H,2,12-13H2,1H3,(H,20,21)/t16-/m1/s1. The van der Waals surface area contributed by atoms with Crippen LogP contribution in [0, 0.1) is 5.82 Å². The topological polar surface area (TPSA) is 38.3 Å². The maximum Gasteiger partial charge on any atom is 0.261 e. The summed E-state index contributed by atoms with van der Waals surface area (Å²) >= 11 is 0. The summed E-state index contributed by atoms with van der Waals surface area (Å²) in [4.78, 5) is 12.1. The Kier molecular flexibility index (Phi) is 5.95. The molecule has 0 aliphatic heterocycles. The maximum atomic E-state index is 13.6. The minimum absolute atomic E-state index is 0.104. The van der Waals surface area contributed by atoms with E-state index in [0.29, 0.717) is 13.0 Å². The Hall–Kier alpha value is -2.36. The Labute approximate surface area is 130 Å². The zero-order chi connectivity index (χ0) is 15.8. The highest BCUT2D eigenvalue weighted by Crippen LogP contribution is 2.18. The molecule has 0 heterocycles. The van der Waals surface area contributed by atoms with Crippen molar-refractivity contribution in [2.45, 2.75) is 25.9 Å². The summed E-state index contributed by atoms with van der Waals surface area (Å²) in [6.07, 6.45) is 0.543. The van der Waals surface area contributed by atoms with Crippen molar-refractivity contribution in [2.24, 2.45) is 0 Å². The number of hydrogen-bond donors (Lipinski definition) is 1. The van der Waals surface area contributed by atoms with E-state index in [1.54, 1.807) is 12.1 Å². The van der Waals surface area contributed by atoms with Crippen molar-refractivity contribution in [3.8, 4) is 5.75 Å². The molecule has 4 heteroatoms. The lowest BCUT2D eigenvalue weighted by molar-refractivity contribution is -0.128. The van der Waals surface area contributed by atoms with E-state index in [1.165, 1.54) is 12.1 Å². The lowest BCUT2D eigenvalue weighted by Crippen LogP contribution is -2.39. The van der Waals surface area contributed by atoms with Crippen molar-refractivity contribution in [1.29, 1.82) is 0 Å². The van der Waals surface area contributed by atoms with Crippen molar-refractivity contribution in [2.75, 3.05) is 6.54 Å². The van der Waals surface area contributed by atoms with Crippen molar-refractivity contribution in [3.63, 3.8) is 0 Å². The molecule has 0 aliphatic carbocycles. The lowest BCUT2D eigenvalue weighted by atomic mass is 10.1. The first kappa shape index (κ1) is 16.0. The molecule has 116 valence electrons. The number of ether oxygens (including phenoxy) is 1. The van der Waals surface area contributed by atoms with Gasteiger partial charge in [-0.05, 0) is 30.5 Å². The Bertz CT molecular complexity index is 601. The summed E-state index contributed by atoms with van der Waals surface area (Å²) < 4.78 is 19.0.